The number of sulfonamides is 1. The van der Waals surface area contributed by atoms with Crippen molar-refractivity contribution in [1.82, 2.24) is 9.62 Å². The average molecular weight is 332 g/mol. The van der Waals surface area contributed by atoms with Gasteiger partial charge in [0.1, 0.15) is 11.6 Å². The number of carbonyl (C=O) groups is 1. The Kier molecular flexibility index (Phi) is 5.12. The monoisotopic (exact) mass is 332 g/mol. The summed E-state index contributed by atoms with van der Waals surface area (Å²) >= 11 is 0. The highest BCUT2D eigenvalue weighted by atomic mass is 32.2. The van der Waals surface area contributed by atoms with Crippen LogP contribution >= 0.6 is 0 Å². The van der Waals surface area contributed by atoms with E-state index in [0.29, 0.717) is 19.5 Å². The van der Waals surface area contributed by atoms with Crippen LogP contribution in [0.1, 0.15) is 19.8 Å². The molecule has 1 aromatic rings. The van der Waals surface area contributed by atoms with Crippen LogP contribution in [0.25, 0.3) is 0 Å². The van der Waals surface area contributed by atoms with Crippen LogP contribution in [-0.2, 0) is 14.8 Å². The second kappa shape index (κ2) is 6.70. The molecule has 0 aliphatic carbocycles. The number of nitrogens with one attached hydrogen (secondary N) is 1. The van der Waals surface area contributed by atoms with Crippen LogP contribution in [-0.4, -0.2) is 38.9 Å². The summed E-state index contributed by atoms with van der Waals surface area (Å²) in [4.78, 5) is 12.2. The van der Waals surface area contributed by atoms with Crippen LogP contribution in [0.15, 0.2) is 23.1 Å². The molecule has 5 nitrogen and oxygen atoms in total. The summed E-state index contributed by atoms with van der Waals surface area (Å²) < 4.78 is 53.3. The van der Waals surface area contributed by atoms with E-state index in [1.807, 2.05) is 0 Å². The molecule has 1 amide bonds. The lowest BCUT2D eigenvalue weighted by Gasteiger charge is -2.21. The minimum Gasteiger partial charge on any atom is -0.342 e. The van der Waals surface area contributed by atoms with E-state index in [2.05, 4.69) is 4.72 Å². The third-order valence-corrected chi connectivity index (χ3v) is 4.99. The lowest BCUT2D eigenvalue weighted by molar-refractivity contribution is -0.128. The van der Waals surface area contributed by atoms with Gasteiger partial charge < -0.3 is 4.90 Å². The molecule has 1 aromatic carbocycles. The molecule has 1 aliphatic heterocycles. The molecule has 2 rings (SSSR count). The first-order chi connectivity index (χ1) is 10.3. The van der Waals surface area contributed by atoms with Gasteiger partial charge in [-0.15, -0.1) is 0 Å². The first kappa shape index (κ1) is 16.8. The predicted molar refractivity (Wildman–Crippen MR) is 76.5 cm³/mol. The maximum Gasteiger partial charge on any atom is 0.246 e. The van der Waals surface area contributed by atoms with Gasteiger partial charge in [0.15, 0.2) is 4.90 Å². The molecule has 1 heterocycles. The zero-order chi connectivity index (χ0) is 16.3. The summed E-state index contributed by atoms with van der Waals surface area (Å²) in [5.74, 6) is -2.37. The number of likely N-dealkylation sites (tertiary alicyclic amines) is 1. The highest BCUT2D eigenvalue weighted by molar-refractivity contribution is 7.89. The molecule has 1 aliphatic rings. The molecule has 0 saturated carbocycles. The van der Waals surface area contributed by atoms with Gasteiger partial charge in [-0.05, 0) is 24.5 Å². The van der Waals surface area contributed by atoms with Gasteiger partial charge in [0.05, 0.1) is 0 Å². The Bertz CT molecular complexity index is 644. The van der Waals surface area contributed by atoms with E-state index < -0.39 is 26.6 Å². The third-order valence-electron chi connectivity index (χ3n) is 3.51. The Morgan fingerprint density at radius 2 is 1.95 bits per heavy atom. The van der Waals surface area contributed by atoms with Gasteiger partial charge >= 0.3 is 0 Å². The molecular formula is C14H18F2N2O3S. The quantitative estimate of drug-likeness (QED) is 0.858. The Balaban J connectivity index is 1.99. The molecule has 22 heavy (non-hydrogen) atoms. The summed E-state index contributed by atoms with van der Waals surface area (Å²) in [7, 11) is -4.27. The van der Waals surface area contributed by atoms with Crippen molar-refractivity contribution in [3.8, 4) is 0 Å². The van der Waals surface area contributed by atoms with E-state index in [-0.39, 0.29) is 18.4 Å². The molecular weight excluding hydrogens is 314 g/mol. The summed E-state index contributed by atoms with van der Waals surface area (Å²) in [5, 5.41) is 0. The van der Waals surface area contributed by atoms with Crippen molar-refractivity contribution < 1.29 is 22.0 Å². The molecule has 0 unspecified atom stereocenters. The van der Waals surface area contributed by atoms with E-state index >= 15 is 0 Å². The van der Waals surface area contributed by atoms with Crippen molar-refractivity contribution in [3.63, 3.8) is 0 Å². The van der Waals surface area contributed by atoms with Crippen LogP contribution in [0, 0.1) is 17.6 Å². The number of halogens is 2. The molecule has 8 heteroatoms. The van der Waals surface area contributed by atoms with Crippen molar-refractivity contribution in [1.29, 1.82) is 0 Å². The number of hydrogen-bond acceptors (Lipinski definition) is 3. The lowest BCUT2D eigenvalue weighted by atomic mass is 10.2. The number of carbonyl (C=O) groups excluding carboxylic acids is 1. The van der Waals surface area contributed by atoms with Crippen LogP contribution in [0.2, 0.25) is 0 Å². The Hall–Kier alpha value is -1.54. The molecule has 0 radical (unpaired) electrons. The van der Waals surface area contributed by atoms with Gasteiger partial charge in [-0.2, -0.15) is 0 Å². The fourth-order valence-electron chi connectivity index (χ4n) is 2.40. The van der Waals surface area contributed by atoms with Gasteiger partial charge in [0, 0.05) is 26.1 Å². The standard InChI is InChI=1S/C14H18F2N2O3S/c1-10(9-18-7-3-6-13(18)19)8-17-22(20,21)14-11(15)4-2-5-12(14)16/h2,4-5,10,17H,3,6-9H2,1H3/t10-/m0/s1. The fraction of sp³-hybridized carbons (Fsp3) is 0.500. The van der Waals surface area contributed by atoms with E-state index in [4.69, 9.17) is 0 Å². The Morgan fingerprint density at radius 1 is 1.32 bits per heavy atom. The van der Waals surface area contributed by atoms with Crippen LogP contribution in [0.3, 0.4) is 0 Å². The second-order valence-electron chi connectivity index (χ2n) is 5.45. The number of amides is 1. The van der Waals surface area contributed by atoms with Crippen LogP contribution in [0.5, 0.6) is 0 Å². The molecule has 1 saturated heterocycles. The number of benzene rings is 1. The largest absolute Gasteiger partial charge is 0.342 e. The van der Waals surface area contributed by atoms with Gasteiger partial charge in [-0.3, -0.25) is 4.79 Å². The maximum absolute atomic E-state index is 13.5. The molecule has 1 fully saturated rings. The highest BCUT2D eigenvalue weighted by Crippen LogP contribution is 2.18. The summed E-state index contributed by atoms with van der Waals surface area (Å²) in [5.41, 5.74) is 0. The number of nitrogens with zero attached hydrogens (tertiary/aromatic N) is 1. The number of hydrogen-bond donors (Lipinski definition) is 1. The van der Waals surface area contributed by atoms with Crippen LogP contribution < -0.4 is 4.72 Å². The van der Waals surface area contributed by atoms with Gasteiger partial charge in [-0.1, -0.05) is 13.0 Å². The second-order valence-corrected chi connectivity index (χ2v) is 7.15. The zero-order valence-corrected chi connectivity index (χ0v) is 13.0. The summed E-state index contributed by atoms with van der Waals surface area (Å²) in [6.07, 6.45) is 1.32. The Morgan fingerprint density at radius 3 is 2.50 bits per heavy atom. The van der Waals surface area contributed by atoms with Crippen molar-refractivity contribution in [2.24, 2.45) is 5.92 Å². The topological polar surface area (TPSA) is 66.5 Å². The summed E-state index contributed by atoms with van der Waals surface area (Å²) in [6.45, 7) is 2.85. The minimum absolute atomic E-state index is 0.000111. The molecule has 0 spiro atoms. The molecule has 1 N–H and O–H groups in total. The molecule has 1 atom stereocenters. The Labute approximate surface area is 128 Å². The SMILES string of the molecule is C[C@@H](CNS(=O)(=O)c1c(F)cccc1F)CN1CCCC1=O. The first-order valence-electron chi connectivity index (χ1n) is 7.02. The van der Waals surface area contributed by atoms with E-state index in [0.717, 1.165) is 24.6 Å². The molecule has 0 aromatic heterocycles. The van der Waals surface area contributed by atoms with Crippen molar-refractivity contribution >= 4 is 15.9 Å². The fourth-order valence-corrected chi connectivity index (χ4v) is 3.70. The normalized spacial score (nSPS) is 17.0. The zero-order valence-electron chi connectivity index (χ0n) is 12.2. The minimum atomic E-state index is -4.27. The van der Waals surface area contributed by atoms with E-state index in [1.165, 1.54) is 0 Å². The predicted octanol–water partition coefficient (Wildman–Crippen LogP) is 1.50. The van der Waals surface area contributed by atoms with Crippen molar-refractivity contribution in [2.75, 3.05) is 19.6 Å². The van der Waals surface area contributed by atoms with Crippen molar-refractivity contribution in [2.45, 2.75) is 24.7 Å². The van der Waals surface area contributed by atoms with E-state index in [1.54, 1.807) is 11.8 Å². The molecule has 122 valence electrons. The first-order valence-corrected chi connectivity index (χ1v) is 8.51. The van der Waals surface area contributed by atoms with E-state index in [9.17, 15) is 22.0 Å². The third kappa shape index (κ3) is 3.80. The van der Waals surface area contributed by atoms with Crippen molar-refractivity contribution in [3.05, 3.63) is 29.8 Å². The molecule has 0 bridgehead atoms. The lowest BCUT2D eigenvalue weighted by Crippen LogP contribution is -2.36. The van der Waals surface area contributed by atoms with Gasteiger partial charge in [0.2, 0.25) is 15.9 Å². The van der Waals surface area contributed by atoms with Gasteiger partial charge in [-0.25, -0.2) is 21.9 Å². The van der Waals surface area contributed by atoms with Crippen LogP contribution in [0.4, 0.5) is 8.78 Å². The maximum atomic E-state index is 13.5. The average Bonchev–Trinajstić information content (AvgIpc) is 2.82. The number of rotatable bonds is 6. The highest BCUT2D eigenvalue weighted by Gasteiger charge is 2.26. The summed E-state index contributed by atoms with van der Waals surface area (Å²) in [6, 6.07) is 2.89. The van der Waals surface area contributed by atoms with Gasteiger partial charge in [0.25, 0.3) is 0 Å². The smallest absolute Gasteiger partial charge is 0.246 e.